The Labute approximate surface area is 167 Å². The lowest BCUT2D eigenvalue weighted by atomic mass is 9.94. The van der Waals surface area contributed by atoms with Crippen LogP contribution in [0.5, 0.6) is 0 Å². The van der Waals surface area contributed by atoms with Crippen molar-refractivity contribution in [3.05, 3.63) is 58.4 Å². The molecule has 2 heterocycles. The van der Waals surface area contributed by atoms with Gasteiger partial charge >= 0.3 is 0 Å². The van der Waals surface area contributed by atoms with Crippen LogP contribution in [0.3, 0.4) is 0 Å². The molecule has 0 aliphatic heterocycles. The van der Waals surface area contributed by atoms with E-state index < -0.39 is 0 Å². The van der Waals surface area contributed by atoms with Gasteiger partial charge in [-0.1, -0.05) is 11.6 Å². The first-order chi connectivity index (χ1) is 13.1. The SMILES string of the molecule is Cc1ccnc(NC(=O)CSc2c3c(nc4ccc(Cl)cc24)CCCC3)c1. The molecule has 0 atom stereocenters. The van der Waals surface area contributed by atoms with Gasteiger partial charge in [0.05, 0.1) is 11.3 Å². The van der Waals surface area contributed by atoms with Crippen molar-refractivity contribution >= 4 is 46.0 Å². The molecule has 0 saturated carbocycles. The summed E-state index contributed by atoms with van der Waals surface area (Å²) in [6.45, 7) is 1.98. The number of amides is 1. The van der Waals surface area contributed by atoms with Crippen molar-refractivity contribution < 1.29 is 4.79 Å². The average Bonchev–Trinajstić information content (AvgIpc) is 2.65. The Hall–Kier alpha value is -2.11. The van der Waals surface area contributed by atoms with Crippen LogP contribution in [0, 0.1) is 6.92 Å². The Morgan fingerprint density at radius 3 is 2.93 bits per heavy atom. The number of halogens is 1. The summed E-state index contributed by atoms with van der Waals surface area (Å²) < 4.78 is 0. The van der Waals surface area contributed by atoms with Gasteiger partial charge in [-0.3, -0.25) is 9.78 Å². The van der Waals surface area contributed by atoms with Crippen LogP contribution >= 0.6 is 23.4 Å². The van der Waals surface area contributed by atoms with E-state index in [1.165, 1.54) is 17.7 Å². The molecule has 6 heteroatoms. The summed E-state index contributed by atoms with van der Waals surface area (Å²) in [6.07, 6.45) is 6.04. The summed E-state index contributed by atoms with van der Waals surface area (Å²) in [5.41, 5.74) is 4.46. The van der Waals surface area contributed by atoms with Gasteiger partial charge in [-0.25, -0.2) is 4.98 Å². The number of pyridine rings is 2. The van der Waals surface area contributed by atoms with Gasteiger partial charge in [-0.05, 0) is 74.1 Å². The average molecular weight is 398 g/mol. The molecule has 3 aromatic rings. The number of anilines is 1. The minimum Gasteiger partial charge on any atom is -0.310 e. The van der Waals surface area contributed by atoms with Gasteiger partial charge in [0.1, 0.15) is 5.82 Å². The number of hydrogen-bond acceptors (Lipinski definition) is 4. The van der Waals surface area contributed by atoms with Crippen LogP contribution in [0.15, 0.2) is 41.4 Å². The summed E-state index contributed by atoms with van der Waals surface area (Å²) in [5, 5.41) is 4.61. The molecule has 1 N–H and O–H groups in total. The molecule has 1 aliphatic carbocycles. The molecule has 1 amide bonds. The molecule has 138 valence electrons. The Kier molecular flexibility index (Phi) is 5.32. The fourth-order valence-corrected chi connectivity index (χ4v) is 4.67. The van der Waals surface area contributed by atoms with Gasteiger partial charge in [0.15, 0.2) is 0 Å². The number of nitrogens with one attached hydrogen (secondary N) is 1. The number of fused-ring (bicyclic) bond motifs is 2. The fraction of sp³-hybridized carbons (Fsp3) is 0.286. The van der Waals surface area contributed by atoms with Crippen molar-refractivity contribution in [1.82, 2.24) is 9.97 Å². The van der Waals surface area contributed by atoms with Crippen molar-refractivity contribution in [1.29, 1.82) is 0 Å². The number of benzene rings is 1. The lowest BCUT2D eigenvalue weighted by Gasteiger charge is -2.20. The lowest BCUT2D eigenvalue weighted by molar-refractivity contribution is -0.113. The second-order valence-electron chi connectivity index (χ2n) is 6.79. The van der Waals surface area contributed by atoms with Gasteiger partial charge in [0.2, 0.25) is 5.91 Å². The van der Waals surface area contributed by atoms with Crippen molar-refractivity contribution in [2.24, 2.45) is 0 Å². The highest BCUT2D eigenvalue weighted by Crippen LogP contribution is 2.37. The maximum atomic E-state index is 12.5. The summed E-state index contributed by atoms with van der Waals surface area (Å²) in [4.78, 5) is 22.6. The molecule has 0 unspecified atom stereocenters. The molecule has 4 nitrogen and oxygen atoms in total. The monoisotopic (exact) mass is 397 g/mol. The van der Waals surface area contributed by atoms with Crippen molar-refractivity contribution in [3.63, 3.8) is 0 Å². The Bertz CT molecular complexity index is 1020. The Balaban J connectivity index is 1.60. The Morgan fingerprint density at radius 1 is 1.22 bits per heavy atom. The highest BCUT2D eigenvalue weighted by atomic mass is 35.5. The third-order valence-corrected chi connectivity index (χ3v) is 6.10. The number of hydrogen-bond donors (Lipinski definition) is 1. The number of aryl methyl sites for hydroxylation is 2. The van der Waals surface area contributed by atoms with E-state index in [4.69, 9.17) is 16.6 Å². The van der Waals surface area contributed by atoms with E-state index in [1.54, 1.807) is 18.0 Å². The zero-order valence-electron chi connectivity index (χ0n) is 15.1. The second-order valence-corrected chi connectivity index (χ2v) is 8.21. The summed E-state index contributed by atoms with van der Waals surface area (Å²) in [7, 11) is 0. The third-order valence-electron chi connectivity index (χ3n) is 4.70. The highest BCUT2D eigenvalue weighted by Gasteiger charge is 2.19. The molecular weight excluding hydrogens is 378 g/mol. The maximum absolute atomic E-state index is 12.5. The third kappa shape index (κ3) is 4.09. The molecular formula is C21H20ClN3OS. The van der Waals surface area contributed by atoms with E-state index in [9.17, 15) is 4.79 Å². The number of carbonyl (C=O) groups excluding carboxylic acids is 1. The van der Waals surface area contributed by atoms with Crippen LogP contribution < -0.4 is 5.32 Å². The lowest BCUT2D eigenvalue weighted by Crippen LogP contribution is -2.15. The van der Waals surface area contributed by atoms with Crippen LogP contribution in [0.25, 0.3) is 10.9 Å². The van der Waals surface area contributed by atoms with Gasteiger partial charge < -0.3 is 5.32 Å². The molecule has 0 radical (unpaired) electrons. The van der Waals surface area contributed by atoms with Crippen LogP contribution in [-0.4, -0.2) is 21.6 Å². The number of aromatic nitrogens is 2. The van der Waals surface area contributed by atoms with Crippen LogP contribution in [-0.2, 0) is 17.6 Å². The first-order valence-corrected chi connectivity index (χ1v) is 10.4. The molecule has 0 saturated heterocycles. The number of carbonyl (C=O) groups is 1. The van der Waals surface area contributed by atoms with Crippen LogP contribution in [0.2, 0.25) is 5.02 Å². The topological polar surface area (TPSA) is 54.9 Å². The number of thioether (sulfide) groups is 1. The summed E-state index contributed by atoms with van der Waals surface area (Å²) >= 11 is 7.80. The summed E-state index contributed by atoms with van der Waals surface area (Å²) in [6, 6.07) is 9.57. The molecule has 1 aliphatic rings. The normalized spacial score (nSPS) is 13.4. The zero-order chi connectivity index (χ0) is 18.8. The molecule has 4 rings (SSSR count). The molecule has 0 spiro atoms. The smallest absolute Gasteiger partial charge is 0.235 e. The molecule has 1 aromatic carbocycles. The predicted molar refractivity (Wildman–Crippen MR) is 112 cm³/mol. The van der Waals surface area contributed by atoms with Crippen molar-refractivity contribution in [3.8, 4) is 0 Å². The molecule has 2 aromatic heterocycles. The van der Waals surface area contributed by atoms with Gasteiger partial charge in [-0.2, -0.15) is 0 Å². The Morgan fingerprint density at radius 2 is 2.07 bits per heavy atom. The minimum absolute atomic E-state index is 0.0605. The van der Waals surface area contributed by atoms with E-state index in [-0.39, 0.29) is 5.91 Å². The molecule has 27 heavy (non-hydrogen) atoms. The zero-order valence-corrected chi connectivity index (χ0v) is 16.7. The van der Waals surface area contributed by atoms with E-state index in [2.05, 4.69) is 10.3 Å². The predicted octanol–water partition coefficient (Wildman–Crippen LogP) is 5.20. The first-order valence-electron chi connectivity index (χ1n) is 9.06. The van der Waals surface area contributed by atoms with Crippen molar-refractivity contribution in [2.75, 3.05) is 11.1 Å². The largest absolute Gasteiger partial charge is 0.310 e. The van der Waals surface area contributed by atoms with Crippen LogP contribution in [0.4, 0.5) is 5.82 Å². The second kappa shape index (κ2) is 7.87. The van der Waals surface area contributed by atoms with E-state index >= 15 is 0 Å². The molecule has 0 bridgehead atoms. The van der Waals surface area contributed by atoms with Gasteiger partial charge in [-0.15, -0.1) is 11.8 Å². The number of rotatable bonds is 4. The van der Waals surface area contributed by atoms with Crippen molar-refractivity contribution in [2.45, 2.75) is 37.5 Å². The summed E-state index contributed by atoms with van der Waals surface area (Å²) in [5.74, 6) is 0.855. The maximum Gasteiger partial charge on any atom is 0.235 e. The standard InChI is InChI=1S/C21H20ClN3OS/c1-13-8-9-23-19(10-13)25-20(26)12-27-21-15-4-2-3-5-17(15)24-18-7-6-14(22)11-16(18)21/h6-11H,2-5,12H2,1H3,(H,23,25,26). The van der Waals surface area contributed by atoms with E-state index in [0.717, 1.165) is 40.6 Å². The fourth-order valence-electron chi connectivity index (χ4n) is 3.44. The quantitative estimate of drug-likeness (QED) is 0.614. The van der Waals surface area contributed by atoms with Gasteiger partial charge in [0.25, 0.3) is 0 Å². The van der Waals surface area contributed by atoms with Gasteiger partial charge in [0, 0.05) is 27.2 Å². The minimum atomic E-state index is -0.0605. The first kappa shape index (κ1) is 18.3. The molecule has 0 fully saturated rings. The van der Waals surface area contributed by atoms with E-state index in [1.807, 2.05) is 37.3 Å². The van der Waals surface area contributed by atoms with Crippen LogP contribution in [0.1, 0.15) is 29.7 Å². The number of nitrogens with zero attached hydrogens (tertiary/aromatic N) is 2. The highest BCUT2D eigenvalue weighted by molar-refractivity contribution is 8.00. The van der Waals surface area contributed by atoms with E-state index in [0.29, 0.717) is 16.6 Å².